The zero-order valence-electron chi connectivity index (χ0n) is 11.9. The van der Waals surface area contributed by atoms with Gasteiger partial charge < -0.3 is 16.8 Å². The molecule has 4 nitrogen and oxygen atoms in total. The summed E-state index contributed by atoms with van der Waals surface area (Å²) in [5.41, 5.74) is 16.9. The normalized spacial score (nSPS) is 13.5. The molecular weight excluding hydrogens is 262 g/mol. The highest BCUT2D eigenvalue weighted by atomic mass is 16.1. The van der Waals surface area contributed by atoms with E-state index >= 15 is 0 Å². The molecule has 0 bridgehead atoms. The van der Waals surface area contributed by atoms with Crippen molar-refractivity contribution in [2.45, 2.75) is 25.7 Å². The van der Waals surface area contributed by atoms with Gasteiger partial charge in [-0.25, -0.2) is 0 Å². The number of amides is 1. The summed E-state index contributed by atoms with van der Waals surface area (Å²) < 4.78 is 0. The first-order valence-electron chi connectivity index (χ1n) is 7.22. The van der Waals surface area contributed by atoms with Crippen LogP contribution in [-0.2, 0) is 12.8 Å². The zero-order valence-corrected chi connectivity index (χ0v) is 11.9. The van der Waals surface area contributed by atoms with Crippen LogP contribution in [0.4, 0.5) is 17.1 Å². The lowest BCUT2D eigenvalue weighted by Crippen LogP contribution is -2.12. The number of rotatable bonds is 3. The van der Waals surface area contributed by atoms with E-state index in [-0.39, 0.29) is 0 Å². The molecule has 108 valence electrons. The van der Waals surface area contributed by atoms with E-state index in [9.17, 15) is 4.79 Å². The molecule has 0 radical (unpaired) electrons. The molecule has 1 amide bonds. The summed E-state index contributed by atoms with van der Waals surface area (Å²) in [7, 11) is 0. The number of hydrogen-bond acceptors (Lipinski definition) is 3. The third-order valence-electron chi connectivity index (χ3n) is 4.00. The Morgan fingerprint density at radius 2 is 1.86 bits per heavy atom. The highest BCUT2D eigenvalue weighted by Crippen LogP contribution is 2.31. The molecule has 21 heavy (non-hydrogen) atoms. The number of anilines is 3. The van der Waals surface area contributed by atoms with Gasteiger partial charge in [-0.3, -0.25) is 4.79 Å². The van der Waals surface area contributed by atoms with Gasteiger partial charge in [-0.1, -0.05) is 12.1 Å². The minimum absolute atomic E-state index is 0.424. The van der Waals surface area contributed by atoms with Gasteiger partial charge in [0.25, 0.3) is 0 Å². The molecule has 1 aliphatic carbocycles. The van der Waals surface area contributed by atoms with Crippen LogP contribution in [0.15, 0.2) is 36.4 Å². The predicted octanol–water partition coefficient (Wildman–Crippen LogP) is 2.99. The Hall–Kier alpha value is -2.49. The van der Waals surface area contributed by atoms with Crippen LogP contribution in [0.3, 0.4) is 0 Å². The summed E-state index contributed by atoms with van der Waals surface area (Å²) in [6.07, 6.45) is 4.71. The fraction of sp³-hybridized carbons (Fsp3) is 0.235. The number of nitrogens with one attached hydrogen (secondary N) is 1. The molecule has 0 unspecified atom stereocenters. The third-order valence-corrected chi connectivity index (χ3v) is 4.00. The van der Waals surface area contributed by atoms with Crippen LogP contribution in [0.2, 0.25) is 0 Å². The molecule has 0 saturated heterocycles. The molecular formula is C17H19N3O. The van der Waals surface area contributed by atoms with Crippen LogP contribution < -0.4 is 16.8 Å². The van der Waals surface area contributed by atoms with E-state index in [1.165, 1.54) is 24.0 Å². The largest absolute Gasteiger partial charge is 0.397 e. The first-order valence-corrected chi connectivity index (χ1v) is 7.22. The molecule has 0 atom stereocenters. The molecule has 1 aliphatic rings. The van der Waals surface area contributed by atoms with Gasteiger partial charge in [-0.05, 0) is 61.1 Å². The molecule has 2 aromatic rings. The monoisotopic (exact) mass is 281 g/mol. The lowest BCUT2D eigenvalue weighted by atomic mass is 9.90. The highest BCUT2D eigenvalue weighted by Gasteiger charge is 2.13. The van der Waals surface area contributed by atoms with Crippen molar-refractivity contribution in [3.8, 4) is 0 Å². The Balaban J connectivity index is 1.92. The minimum atomic E-state index is -0.467. The van der Waals surface area contributed by atoms with E-state index in [1.54, 1.807) is 18.2 Å². The number of nitrogen functional groups attached to an aromatic ring is 1. The number of carbonyl (C=O) groups excluding carboxylic acids is 1. The maximum absolute atomic E-state index is 11.2. The maximum Gasteiger partial charge on any atom is 0.248 e. The average molecular weight is 281 g/mol. The standard InChI is InChI=1S/C17H19N3O/c18-14-10-12(17(19)21)8-9-16(14)20-15-7-3-5-11-4-1-2-6-13(11)15/h3,5,7-10,20H,1-2,4,6,18H2,(H2,19,21). The van der Waals surface area contributed by atoms with Crippen molar-refractivity contribution in [2.75, 3.05) is 11.1 Å². The Bertz CT molecular complexity index is 694. The maximum atomic E-state index is 11.2. The Labute approximate surface area is 124 Å². The van der Waals surface area contributed by atoms with Gasteiger partial charge in [0.15, 0.2) is 0 Å². The van der Waals surface area contributed by atoms with Crippen LogP contribution in [0.5, 0.6) is 0 Å². The van der Waals surface area contributed by atoms with E-state index in [1.807, 2.05) is 0 Å². The minimum Gasteiger partial charge on any atom is -0.397 e. The zero-order chi connectivity index (χ0) is 14.8. The van der Waals surface area contributed by atoms with Crippen LogP contribution >= 0.6 is 0 Å². The van der Waals surface area contributed by atoms with Gasteiger partial charge in [0.1, 0.15) is 0 Å². The number of hydrogen-bond donors (Lipinski definition) is 3. The van der Waals surface area contributed by atoms with Gasteiger partial charge in [-0.2, -0.15) is 0 Å². The smallest absolute Gasteiger partial charge is 0.248 e. The van der Waals surface area contributed by atoms with E-state index in [4.69, 9.17) is 11.5 Å². The van der Waals surface area contributed by atoms with Crippen molar-refractivity contribution < 1.29 is 4.79 Å². The lowest BCUT2D eigenvalue weighted by molar-refractivity contribution is 0.100. The number of carbonyl (C=O) groups is 1. The second-order valence-corrected chi connectivity index (χ2v) is 5.44. The highest BCUT2D eigenvalue weighted by molar-refractivity contribution is 5.95. The fourth-order valence-corrected chi connectivity index (χ4v) is 2.87. The number of fused-ring (bicyclic) bond motifs is 1. The molecule has 0 heterocycles. The van der Waals surface area contributed by atoms with E-state index in [2.05, 4.69) is 23.5 Å². The summed E-state index contributed by atoms with van der Waals surface area (Å²) in [4.78, 5) is 11.2. The third kappa shape index (κ3) is 2.70. The number of nitrogens with two attached hydrogens (primary N) is 2. The van der Waals surface area contributed by atoms with Crippen molar-refractivity contribution in [2.24, 2.45) is 5.73 Å². The molecule has 2 aromatic carbocycles. The van der Waals surface area contributed by atoms with E-state index < -0.39 is 5.91 Å². The molecule has 3 rings (SSSR count). The van der Waals surface area contributed by atoms with Gasteiger partial charge in [0.2, 0.25) is 5.91 Å². The molecule has 0 spiro atoms. The van der Waals surface area contributed by atoms with Crippen molar-refractivity contribution >= 4 is 23.0 Å². The second-order valence-electron chi connectivity index (χ2n) is 5.44. The average Bonchev–Trinajstić information content (AvgIpc) is 2.49. The summed E-state index contributed by atoms with van der Waals surface area (Å²) in [5, 5.41) is 3.39. The van der Waals surface area contributed by atoms with E-state index in [0.717, 1.165) is 24.2 Å². The molecule has 0 aliphatic heterocycles. The summed E-state index contributed by atoms with van der Waals surface area (Å²) in [6, 6.07) is 11.4. The van der Waals surface area contributed by atoms with Gasteiger partial charge in [0.05, 0.1) is 11.4 Å². The molecule has 0 aromatic heterocycles. The Morgan fingerprint density at radius 1 is 1.05 bits per heavy atom. The SMILES string of the molecule is NC(=O)c1ccc(Nc2cccc3c2CCCC3)c(N)c1. The Morgan fingerprint density at radius 3 is 2.62 bits per heavy atom. The molecule has 5 N–H and O–H groups in total. The summed E-state index contributed by atoms with van der Waals surface area (Å²) in [5.74, 6) is -0.467. The van der Waals surface area contributed by atoms with Crippen molar-refractivity contribution in [3.05, 3.63) is 53.1 Å². The van der Waals surface area contributed by atoms with Gasteiger partial charge >= 0.3 is 0 Å². The van der Waals surface area contributed by atoms with Gasteiger partial charge in [-0.15, -0.1) is 0 Å². The fourth-order valence-electron chi connectivity index (χ4n) is 2.87. The predicted molar refractivity (Wildman–Crippen MR) is 85.7 cm³/mol. The second kappa shape index (κ2) is 5.48. The number of benzene rings is 2. The van der Waals surface area contributed by atoms with Crippen LogP contribution in [0.25, 0.3) is 0 Å². The van der Waals surface area contributed by atoms with E-state index in [0.29, 0.717) is 11.3 Å². The van der Waals surface area contributed by atoms with Crippen LogP contribution in [0, 0.1) is 0 Å². The van der Waals surface area contributed by atoms with Gasteiger partial charge in [0, 0.05) is 11.3 Å². The number of primary amides is 1. The molecule has 0 saturated carbocycles. The van der Waals surface area contributed by atoms with Crippen LogP contribution in [0.1, 0.15) is 34.3 Å². The first-order chi connectivity index (χ1) is 10.1. The first kappa shape index (κ1) is 13.5. The summed E-state index contributed by atoms with van der Waals surface area (Å²) >= 11 is 0. The lowest BCUT2D eigenvalue weighted by Gasteiger charge is -2.20. The van der Waals surface area contributed by atoms with Crippen molar-refractivity contribution in [1.29, 1.82) is 0 Å². The van der Waals surface area contributed by atoms with Crippen LogP contribution in [-0.4, -0.2) is 5.91 Å². The van der Waals surface area contributed by atoms with Crippen molar-refractivity contribution in [1.82, 2.24) is 0 Å². The molecule has 0 fully saturated rings. The number of aryl methyl sites for hydroxylation is 1. The van der Waals surface area contributed by atoms with Crippen molar-refractivity contribution in [3.63, 3.8) is 0 Å². The Kier molecular flexibility index (Phi) is 3.52. The molecule has 4 heteroatoms. The summed E-state index contributed by atoms with van der Waals surface area (Å²) in [6.45, 7) is 0. The quantitative estimate of drug-likeness (QED) is 0.756. The topological polar surface area (TPSA) is 81.1 Å².